The van der Waals surface area contributed by atoms with E-state index in [1.165, 1.54) is 22.6 Å². The normalized spacial score (nSPS) is 14.6. The number of hydrogen-bond acceptors (Lipinski definition) is 6. The van der Waals surface area contributed by atoms with Crippen LogP contribution < -0.4 is 10.1 Å². The second-order valence-electron chi connectivity index (χ2n) is 6.91. The minimum absolute atomic E-state index is 0.204. The molecule has 2 aromatic heterocycles. The molecule has 30 heavy (non-hydrogen) atoms. The predicted molar refractivity (Wildman–Crippen MR) is 110 cm³/mol. The van der Waals surface area contributed by atoms with Crippen molar-refractivity contribution in [2.24, 2.45) is 0 Å². The zero-order valence-electron chi connectivity index (χ0n) is 16.2. The fraction of sp³-hybridized carbons (Fsp3) is 0.238. The van der Waals surface area contributed by atoms with E-state index in [0.717, 1.165) is 18.4 Å². The van der Waals surface area contributed by atoms with Gasteiger partial charge in [-0.3, -0.25) is 0 Å². The number of nitrogens with zero attached hydrogens (tertiary/aromatic N) is 3. The van der Waals surface area contributed by atoms with Crippen molar-refractivity contribution in [2.75, 3.05) is 18.4 Å². The van der Waals surface area contributed by atoms with Crippen LogP contribution in [0.2, 0.25) is 0 Å². The first-order chi connectivity index (χ1) is 14.5. The van der Waals surface area contributed by atoms with Gasteiger partial charge in [0.15, 0.2) is 0 Å². The monoisotopic (exact) mass is 428 g/mol. The van der Waals surface area contributed by atoms with Crippen LogP contribution in [0.1, 0.15) is 18.4 Å². The standard InChI is InChI=1S/C21H21FN4O3S/c22-17-4-3-5-18(12-17)29-21-9-6-16(14-25-21)13-23-20-8-7-19(15-24-20)30(27,28)26-10-1-2-11-26/h3-9,12,14-15H,1-2,10-11,13H2,(H,23,24). The van der Waals surface area contributed by atoms with Crippen LogP contribution in [0, 0.1) is 5.82 Å². The van der Waals surface area contributed by atoms with Crippen LogP contribution in [0.25, 0.3) is 0 Å². The summed E-state index contributed by atoms with van der Waals surface area (Å²) in [7, 11) is -3.46. The molecule has 1 fully saturated rings. The lowest BCUT2D eigenvalue weighted by atomic mass is 10.3. The quantitative estimate of drug-likeness (QED) is 0.616. The maximum absolute atomic E-state index is 13.2. The molecular weight excluding hydrogens is 407 g/mol. The Labute approximate surface area is 174 Å². The van der Waals surface area contributed by atoms with Gasteiger partial charge < -0.3 is 10.1 Å². The minimum atomic E-state index is -3.46. The number of pyridine rings is 2. The summed E-state index contributed by atoms with van der Waals surface area (Å²) >= 11 is 0. The van der Waals surface area contributed by atoms with Gasteiger partial charge in [-0.15, -0.1) is 0 Å². The van der Waals surface area contributed by atoms with Crippen molar-refractivity contribution in [3.8, 4) is 11.6 Å². The molecule has 0 saturated carbocycles. The Hall–Kier alpha value is -3.04. The number of benzene rings is 1. The van der Waals surface area contributed by atoms with Crippen LogP contribution in [-0.4, -0.2) is 35.8 Å². The number of ether oxygens (including phenoxy) is 1. The molecule has 0 amide bonds. The number of halogens is 1. The third-order valence-electron chi connectivity index (χ3n) is 4.73. The molecule has 0 bridgehead atoms. The van der Waals surface area contributed by atoms with Gasteiger partial charge in [-0.25, -0.2) is 22.8 Å². The molecule has 4 rings (SSSR count). The van der Waals surface area contributed by atoms with Crippen LogP contribution in [0.15, 0.2) is 65.8 Å². The first-order valence-corrected chi connectivity index (χ1v) is 11.0. The van der Waals surface area contributed by atoms with Crippen LogP contribution >= 0.6 is 0 Å². The summed E-state index contributed by atoms with van der Waals surface area (Å²) < 4.78 is 45.3. The molecule has 9 heteroatoms. The number of hydrogen-bond donors (Lipinski definition) is 1. The maximum Gasteiger partial charge on any atom is 0.244 e. The maximum atomic E-state index is 13.2. The van der Waals surface area contributed by atoms with Crippen molar-refractivity contribution < 1.29 is 17.5 Å². The Morgan fingerprint density at radius 2 is 1.87 bits per heavy atom. The molecule has 156 valence electrons. The van der Waals surface area contributed by atoms with E-state index in [1.54, 1.807) is 36.5 Å². The Morgan fingerprint density at radius 1 is 1.03 bits per heavy atom. The third-order valence-corrected chi connectivity index (χ3v) is 6.61. The Kier molecular flexibility index (Phi) is 5.91. The molecule has 0 atom stereocenters. The van der Waals surface area contributed by atoms with Gasteiger partial charge in [0.05, 0.1) is 0 Å². The molecule has 3 heterocycles. The Balaban J connectivity index is 1.34. The van der Waals surface area contributed by atoms with Gasteiger partial charge in [-0.05, 0) is 42.7 Å². The van der Waals surface area contributed by atoms with Crippen LogP contribution in [0.5, 0.6) is 11.6 Å². The first-order valence-electron chi connectivity index (χ1n) is 9.59. The Morgan fingerprint density at radius 3 is 2.53 bits per heavy atom. The van der Waals surface area contributed by atoms with E-state index >= 15 is 0 Å². The molecular formula is C21H21FN4O3S. The molecule has 7 nitrogen and oxygen atoms in total. The lowest BCUT2D eigenvalue weighted by molar-refractivity contribution is 0.458. The van der Waals surface area contributed by atoms with E-state index in [1.807, 2.05) is 6.07 Å². The number of aromatic nitrogens is 2. The molecule has 3 aromatic rings. The largest absolute Gasteiger partial charge is 0.439 e. The van der Waals surface area contributed by atoms with E-state index < -0.39 is 10.0 Å². The van der Waals surface area contributed by atoms with Gasteiger partial charge in [0.25, 0.3) is 0 Å². The lowest BCUT2D eigenvalue weighted by Gasteiger charge is -2.15. The van der Waals surface area contributed by atoms with E-state index in [4.69, 9.17) is 4.74 Å². The summed E-state index contributed by atoms with van der Waals surface area (Å²) in [5.41, 5.74) is 0.886. The van der Waals surface area contributed by atoms with Crippen molar-refractivity contribution in [2.45, 2.75) is 24.3 Å². The summed E-state index contributed by atoms with van der Waals surface area (Å²) in [6.45, 7) is 1.58. The van der Waals surface area contributed by atoms with Crippen LogP contribution in [-0.2, 0) is 16.6 Å². The van der Waals surface area contributed by atoms with E-state index in [2.05, 4.69) is 15.3 Å². The summed E-state index contributed by atoms with van der Waals surface area (Å²) in [6.07, 6.45) is 4.82. The fourth-order valence-electron chi connectivity index (χ4n) is 3.13. The highest BCUT2D eigenvalue weighted by molar-refractivity contribution is 7.89. The number of nitrogens with one attached hydrogen (secondary N) is 1. The van der Waals surface area contributed by atoms with E-state index in [0.29, 0.717) is 37.1 Å². The fourth-order valence-corrected chi connectivity index (χ4v) is 4.60. The SMILES string of the molecule is O=S(=O)(c1ccc(NCc2ccc(Oc3cccc(F)c3)nc2)nc1)N1CCCC1. The van der Waals surface area contributed by atoms with Crippen LogP contribution in [0.3, 0.4) is 0 Å². The smallest absolute Gasteiger partial charge is 0.244 e. The molecule has 1 aromatic carbocycles. The number of sulfonamides is 1. The highest BCUT2D eigenvalue weighted by Gasteiger charge is 2.27. The highest BCUT2D eigenvalue weighted by Crippen LogP contribution is 2.22. The lowest BCUT2D eigenvalue weighted by Crippen LogP contribution is -2.27. The molecule has 0 radical (unpaired) electrons. The summed E-state index contributed by atoms with van der Waals surface area (Å²) in [6, 6.07) is 12.6. The van der Waals surface area contributed by atoms with E-state index in [9.17, 15) is 12.8 Å². The van der Waals surface area contributed by atoms with E-state index in [-0.39, 0.29) is 10.7 Å². The molecule has 1 aliphatic rings. The van der Waals surface area contributed by atoms with Gasteiger partial charge in [-0.1, -0.05) is 12.1 Å². The summed E-state index contributed by atoms with van der Waals surface area (Å²) in [5.74, 6) is 0.927. The topological polar surface area (TPSA) is 84.4 Å². The zero-order valence-corrected chi connectivity index (χ0v) is 17.0. The number of anilines is 1. The van der Waals surface area contributed by atoms with Gasteiger partial charge in [-0.2, -0.15) is 4.31 Å². The molecule has 0 aliphatic carbocycles. The van der Waals surface area contributed by atoms with Crippen molar-refractivity contribution >= 4 is 15.8 Å². The summed E-state index contributed by atoms with van der Waals surface area (Å²) in [4.78, 5) is 8.64. The molecule has 0 unspecified atom stereocenters. The van der Waals surface area contributed by atoms with Gasteiger partial charge in [0.1, 0.15) is 22.3 Å². The predicted octanol–water partition coefficient (Wildman–Crippen LogP) is 3.80. The molecule has 1 saturated heterocycles. The average Bonchev–Trinajstić information content (AvgIpc) is 3.30. The zero-order chi connectivity index (χ0) is 21.0. The highest BCUT2D eigenvalue weighted by atomic mass is 32.2. The first kappa shape index (κ1) is 20.2. The van der Waals surface area contributed by atoms with Gasteiger partial charge in [0, 0.05) is 44.2 Å². The Bertz CT molecular complexity index is 1100. The molecule has 0 spiro atoms. The minimum Gasteiger partial charge on any atom is -0.439 e. The van der Waals surface area contributed by atoms with Gasteiger partial charge in [0.2, 0.25) is 15.9 Å². The van der Waals surface area contributed by atoms with Gasteiger partial charge >= 0.3 is 0 Å². The van der Waals surface area contributed by atoms with Crippen LogP contribution in [0.4, 0.5) is 10.2 Å². The second kappa shape index (κ2) is 8.76. The summed E-state index contributed by atoms with van der Waals surface area (Å²) in [5, 5.41) is 3.14. The number of rotatable bonds is 7. The second-order valence-corrected chi connectivity index (χ2v) is 8.85. The molecule has 1 N–H and O–H groups in total. The van der Waals surface area contributed by atoms with Crippen molar-refractivity contribution in [1.29, 1.82) is 0 Å². The van der Waals surface area contributed by atoms with Crippen molar-refractivity contribution in [1.82, 2.24) is 14.3 Å². The molecule has 1 aliphatic heterocycles. The van der Waals surface area contributed by atoms with Crippen molar-refractivity contribution in [3.05, 3.63) is 72.3 Å². The third kappa shape index (κ3) is 4.74. The van der Waals surface area contributed by atoms with Crippen molar-refractivity contribution in [3.63, 3.8) is 0 Å². The average molecular weight is 428 g/mol.